The molecule has 0 aromatic carbocycles. The van der Waals surface area contributed by atoms with Gasteiger partial charge in [-0.1, -0.05) is 12.2 Å². The lowest BCUT2D eigenvalue weighted by atomic mass is 9.95. The summed E-state index contributed by atoms with van der Waals surface area (Å²) in [5.74, 6) is -5.97. The molecule has 0 aromatic rings. The first-order valence-electron chi connectivity index (χ1n) is 15.5. The molecule has 3 aliphatic heterocycles. The molecule has 2 unspecified atom stereocenters. The minimum atomic E-state index is -5.17. The third-order valence-corrected chi connectivity index (χ3v) is 7.42. The molecule has 6 N–H and O–H groups in total. The highest BCUT2D eigenvalue weighted by atomic mass is 19.4. The fourth-order valence-corrected chi connectivity index (χ4v) is 4.39. The molecule has 52 heavy (non-hydrogen) atoms. The Morgan fingerprint density at radius 3 is 1.65 bits per heavy atom. The molecule has 0 radical (unpaired) electrons. The fraction of sp³-hybridized carbons (Fsp3) is 0.800. The number of fused-ring (bicyclic) bond motifs is 1. The van der Waals surface area contributed by atoms with E-state index in [1.165, 1.54) is 17.5 Å². The number of aliphatic hydroxyl groups is 4. The third-order valence-electron chi connectivity index (χ3n) is 7.42. The zero-order chi connectivity index (χ0) is 40.2. The average Bonchev–Trinajstić information content (AvgIpc) is 3.06. The van der Waals surface area contributed by atoms with E-state index in [-0.39, 0.29) is 19.8 Å². The third kappa shape index (κ3) is 14.4. The Kier molecular flexibility index (Phi) is 18.5. The van der Waals surface area contributed by atoms with E-state index in [1.807, 2.05) is 13.8 Å². The largest absolute Gasteiger partial charge is 0.471 e. The molecule has 10 atom stereocenters. The van der Waals surface area contributed by atoms with Crippen LogP contribution in [0.5, 0.6) is 0 Å². The first-order valence-corrected chi connectivity index (χ1v) is 15.5. The summed E-state index contributed by atoms with van der Waals surface area (Å²) in [6.07, 6.45) is -18.4. The summed E-state index contributed by atoms with van der Waals surface area (Å²) in [6, 6.07) is -3.12. The molecule has 22 heteroatoms. The first kappa shape index (κ1) is 47.5. The lowest BCUT2D eigenvalue weighted by molar-refractivity contribution is -0.368. The zero-order valence-corrected chi connectivity index (χ0v) is 29.3. The zero-order valence-electron chi connectivity index (χ0n) is 29.3. The van der Waals surface area contributed by atoms with E-state index in [0.29, 0.717) is 0 Å². The van der Waals surface area contributed by atoms with Crippen LogP contribution >= 0.6 is 0 Å². The van der Waals surface area contributed by atoms with Gasteiger partial charge in [0.25, 0.3) is 0 Å². The van der Waals surface area contributed by atoms with Gasteiger partial charge in [0, 0.05) is 14.2 Å². The lowest BCUT2D eigenvalue weighted by Gasteiger charge is -2.49. The standard InChI is InChI=1S/C14H20F3NO6.C11H16F3NO6.C5H12O2/c1-4-5-21-11-8(18-12(20)14(15,16)17)9(19)10-7(23-11)6-22-13(2,3)24-10;1-2-3-20-9-6(15-10(19)11(12,13)14)8(18)7(17)5(4-16)21-9;1-5(2,6-3)7-4/h4,7-11,19H,1,5-6H2,2-3H3,(H,18,20);2,5-9,16-18H,1,3-4H2,(H,15,19);1-4H3/t7?,8-,9-,10-,11+;5?,6-,7-,8-,9+;/m11./s1. The Hall–Kier alpha value is -2.48. The molecule has 304 valence electrons. The van der Waals surface area contributed by atoms with Crippen LogP contribution in [0.25, 0.3) is 0 Å². The molecular weight excluding hydrogens is 726 g/mol. The van der Waals surface area contributed by atoms with Gasteiger partial charge in [0.15, 0.2) is 24.2 Å². The Morgan fingerprint density at radius 2 is 1.27 bits per heavy atom. The first-order chi connectivity index (χ1) is 23.9. The van der Waals surface area contributed by atoms with Crippen molar-refractivity contribution in [3.8, 4) is 0 Å². The van der Waals surface area contributed by atoms with Crippen LogP contribution in [0.15, 0.2) is 25.3 Å². The van der Waals surface area contributed by atoms with Crippen molar-refractivity contribution < 1.29 is 94.3 Å². The highest BCUT2D eigenvalue weighted by Crippen LogP contribution is 2.33. The molecule has 0 aliphatic carbocycles. The van der Waals surface area contributed by atoms with Crippen LogP contribution in [-0.4, -0.2) is 158 Å². The number of ether oxygens (including phenoxy) is 8. The van der Waals surface area contributed by atoms with E-state index < -0.39 is 104 Å². The Bertz CT molecular complexity index is 1140. The van der Waals surface area contributed by atoms with Gasteiger partial charge in [0.1, 0.15) is 48.7 Å². The predicted octanol–water partition coefficient (Wildman–Crippen LogP) is 0.164. The average molecular weight is 775 g/mol. The summed E-state index contributed by atoms with van der Waals surface area (Å²) in [6.45, 7) is 12.9. The number of carbonyl (C=O) groups excluding carboxylic acids is 2. The Labute approximate surface area is 295 Å². The van der Waals surface area contributed by atoms with Crippen molar-refractivity contribution in [2.45, 2.75) is 113 Å². The van der Waals surface area contributed by atoms with Crippen molar-refractivity contribution in [3.05, 3.63) is 25.3 Å². The molecular formula is C30H48F6N2O14. The van der Waals surface area contributed by atoms with Gasteiger partial charge in [-0.15, -0.1) is 13.2 Å². The molecule has 3 rings (SSSR count). The highest BCUT2D eigenvalue weighted by molar-refractivity contribution is 5.82. The van der Waals surface area contributed by atoms with E-state index in [4.69, 9.17) is 43.0 Å². The van der Waals surface area contributed by atoms with Crippen molar-refractivity contribution >= 4 is 11.8 Å². The van der Waals surface area contributed by atoms with E-state index in [0.717, 1.165) is 0 Å². The monoisotopic (exact) mass is 774 g/mol. The van der Waals surface area contributed by atoms with Crippen molar-refractivity contribution in [2.75, 3.05) is 40.6 Å². The summed E-state index contributed by atoms with van der Waals surface area (Å²) >= 11 is 0. The van der Waals surface area contributed by atoms with Crippen LogP contribution < -0.4 is 10.6 Å². The molecule has 3 heterocycles. The number of methoxy groups -OCH3 is 2. The number of nitrogens with one attached hydrogen (secondary N) is 2. The maximum absolute atomic E-state index is 12.5. The summed E-state index contributed by atoms with van der Waals surface area (Å²) < 4.78 is 116. The van der Waals surface area contributed by atoms with Gasteiger partial charge in [-0.25, -0.2) is 0 Å². The lowest BCUT2D eigenvalue weighted by Crippen LogP contribution is -2.69. The predicted molar refractivity (Wildman–Crippen MR) is 164 cm³/mol. The Balaban J connectivity index is 0.000000443. The molecule has 0 saturated carbocycles. The SMILES string of the molecule is C=CCO[C@H]1OC(CO)[C@@H](O)[C@H](O)[C@H]1NC(=O)C(F)(F)F.C=CCO[C@H]1OC2COC(C)(C)O[C@H]2[C@H](O)[C@H]1NC(=O)C(F)(F)F.COC(C)(C)OC. The number of rotatable bonds is 11. The van der Waals surface area contributed by atoms with Gasteiger partial charge in [-0.05, 0) is 27.7 Å². The van der Waals surface area contributed by atoms with Crippen molar-refractivity contribution in [3.63, 3.8) is 0 Å². The number of alkyl halides is 6. The molecule has 3 fully saturated rings. The van der Waals surface area contributed by atoms with E-state index in [1.54, 1.807) is 33.4 Å². The van der Waals surface area contributed by atoms with Crippen LogP contribution in [0.1, 0.15) is 27.7 Å². The minimum absolute atomic E-state index is 0.0413. The van der Waals surface area contributed by atoms with E-state index >= 15 is 0 Å². The summed E-state index contributed by atoms with van der Waals surface area (Å²) in [4.78, 5) is 22.2. The van der Waals surface area contributed by atoms with Gasteiger partial charge in [0.2, 0.25) is 0 Å². The molecule has 3 aliphatic rings. The fourth-order valence-electron chi connectivity index (χ4n) is 4.39. The quantitative estimate of drug-likeness (QED) is 0.0939. The van der Waals surface area contributed by atoms with Gasteiger partial charge in [-0.2, -0.15) is 26.3 Å². The number of carbonyl (C=O) groups is 2. The smallest absolute Gasteiger partial charge is 0.394 e. The molecule has 0 spiro atoms. The number of hydrogen-bond donors (Lipinski definition) is 6. The number of aliphatic hydroxyl groups excluding tert-OH is 4. The molecule has 16 nitrogen and oxygen atoms in total. The van der Waals surface area contributed by atoms with Gasteiger partial charge < -0.3 is 69.0 Å². The van der Waals surface area contributed by atoms with Crippen LogP contribution in [0.2, 0.25) is 0 Å². The van der Waals surface area contributed by atoms with E-state index in [9.17, 15) is 51.3 Å². The van der Waals surface area contributed by atoms with Crippen molar-refractivity contribution in [1.82, 2.24) is 10.6 Å². The molecule has 2 amide bonds. The van der Waals surface area contributed by atoms with Gasteiger partial charge in [-0.3, -0.25) is 9.59 Å². The van der Waals surface area contributed by atoms with Crippen LogP contribution in [0, 0.1) is 0 Å². The number of hydrogen-bond acceptors (Lipinski definition) is 14. The summed E-state index contributed by atoms with van der Waals surface area (Å²) in [5.41, 5.74) is 0. The second kappa shape index (κ2) is 20.3. The topological polar surface area (TPSA) is 213 Å². The normalized spacial score (nSPS) is 31.7. The van der Waals surface area contributed by atoms with Gasteiger partial charge in [0.05, 0.1) is 26.4 Å². The van der Waals surface area contributed by atoms with Crippen LogP contribution in [-0.2, 0) is 47.5 Å². The van der Waals surface area contributed by atoms with Gasteiger partial charge >= 0.3 is 24.2 Å². The molecule has 0 bridgehead atoms. The molecule has 3 saturated heterocycles. The molecule has 0 aromatic heterocycles. The van der Waals surface area contributed by atoms with Crippen LogP contribution in [0.3, 0.4) is 0 Å². The second-order valence-corrected chi connectivity index (χ2v) is 12.1. The highest BCUT2D eigenvalue weighted by Gasteiger charge is 2.53. The van der Waals surface area contributed by atoms with Crippen molar-refractivity contribution in [2.24, 2.45) is 0 Å². The Morgan fingerprint density at radius 1 is 0.827 bits per heavy atom. The second-order valence-electron chi connectivity index (χ2n) is 12.1. The van der Waals surface area contributed by atoms with Crippen molar-refractivity contribution in [1.29, 1.82) is 0 Å². The minimum Gasteiger partial charge on any atom is -0.394 e. The maximum atomic E-state index is 12.5. The maximum Gasteiger partial charge on any atom is 0.471 e. The summed E-state index contributed by atoms with van der Waals surface area (Å²) in [7, 11) is 3.23. The number of halogens is 6. The van der Waals surface area contributed by atoms with E-state index in [2.05, 4.69) is 13.2 Å². The summed E-state index contributed by atoms with van der Waals surface area (Å²) in [5, 5.41) is 42.0. The number of amides is 2. The van der Waals surface area contributed by atoms with Crippen LogP contribution in [0.4, 0.5) is 26.3 Å².